The van der Waals surface area contributed by atoms with Crippen LogP contribution in [0.4, 0.5) is 0 Å². The van der Waals surface area contributed by atoms with Gasteiger partial charge in [0, 0.05) is 26.2 Å². The van der Waals surface area contributed by atoms with Crippen LogP contribution in [-0.2, 0) is 13.0 Å². The molecule has 0 aliphatic carbocycles. The van der Waals surface area contributed by atoms with Gasteiger partial charge in [-0.1, -0.05) is 30.3 Å². The summed E-state index contributed by atoms with van der Waals surface area (Å²) in [7, 11) is 3.80. The fourth-order valence-electron chi connectivity index (χ4n) is 4.11. The van der Waals surface area contributed by atoms with Crippen LogP contribution in [0.2, 0.25) is 0 Å². The smallest absolute Gasteiger partial charge is 0.161 e. The maximum Gasteiger partial charge on any atom is 0.161 e. The second kappa shape index (κ2) is 12.8. The summed E-state index contributed by atoms with van der Waals surface area (Å²) in [5, 5.41) is 14.0. The Bertz CT molecular complexity index is 830. The molecule has 2 N–H and O–H groups in total. The minimum atomic E-state index is -0.529. The van der Waals surface area contributed by atoms with E-state index in [2.05, 4.69) is 59.4 Å². The second-order valence-electron chi connectivity index (χ2n) is 8.76. The fraction of sp³-hybridized carbons (Fsp3) is 0.538. The van der Waals surface area contributed by atoms with Crippen LogP contribution in [0.3, 0.4) is 0 Å². The number of methoxy groups -OCH3 is 1. The van der Waals surface area contributed by atoms with Gasteiger partial charge in [-0.2, -0.15) is 0 Å². The molecule has 6 nitrogen and oxygen atoms in total. The average Bonchev–Trinajstić information content (AvgIpc) is 3.00. The van der Waals surface area contributed by atoms with Crippen molar-refractivity contribution < 1.29 is 14.6 Å². The highest BCUT2D eigenvalue weighted by molar-refractivity contribution is 5.43. The summed E-state index contributed by atoms with van der Waals surface area (Å²) in [5.41, 5.74) is 3.85. The lowest BCUT2D eigenvalue weighted by Crippen LogP contribution is -2.37. The number of hydrogen-bond donors (Lipinski definition) is 2. The van der Waals surface area contributed by atoms with Gasteiger partial charge >= 0.3 is 0 Å². The van der Waals surface area contributed by atoms with E-state index in [1.807, 2.05) is 12.1 Å². The summed E-state index contributed by atoms with van der Waals surface area (Å²) in [5.74, 6) is 1.37. The van der Waals surface area contributed by atoms with Crippen molar-refractivity contribution in [3.05, 3.63) is 59.2 Å². The lowest BCUT2D eigenvalue weighted by molar-refractivity contribution is 0.0685. The molecular weight excluding hydrogens is 402 g/mol. The van der Waals surface area contributed by atoms with Gasteiger partial charge in [-0.05, 0) is 75.3 Å². The number of β-amino-alcohol motifs (C(OH)–C–C–N with tert-alkyl or cyclic N) is 1. The normalized spacial score (nSPS) is 16.5. The van der Waals surface area contributed by atoms with Gasteiger partial charge in [-0.25, -0.2) is 0 Å². The van der Waals surface area contributed by atoms with Crippen LogP contribution in [-0.4, -0.2) is 81.0 Å². The third-order valence-electron chi connectivity index (χ3n) is 6.10. The van der Waals surface area contributed by atoms with Crippen LogP contribution in [0.5, 0.6) is 11.5 Å². The number of aryl methyl sites for hydroxylation is 1. The van der Waals surface area contributed by atoms with Crippen LogP contribution in [0.25, 0.3) is 0 Å². The first kappa shape index (κ1) is 24.5. The topological polar surface area (TPSA) is 57.2 Å². The highest BCUT2D eigenvalue weighted by Crippen LogP contribution is 2.28. The van der Waals surface area contributed by atoms with Crippen LogP contribution in [0.1, 0.15) is 23.1 Å². The van der Waals surface area contributed by atoms with Gasteiger partial charge < -0.3 is 24.8 Å². The van der Waals surface area contributed by atoms with Crippen molar-refractivity contribution in [1.29, 1.82) is 0 Å². The van der Waals surface area contributed by atoms with E-state index in [0.29, 0.717) is 18.0 Å². The van der Waals surface area contributed by atoms with E-state index in [0.717, 1.165) is 57.7 Å². The Kier molecular flexibility index (Phi) is 9.81. The second-order valence-corrected chi connectivity index (χ2v) is 8.76. The molecule has 0 amide bonds. The molecule has 3 rings (SSSR count). The summed E-state index contributed by atoms with van der Waals surface area (Å²) in [6.07, 6.45) is 1.61. The van der Waals surface area contributed by atoms with E-state index in [1.165, 1.54) is 11.1 Å². The van der Waals surface area contributed by atoms with E-state index in [-0.39, 0.29) is 6.61 Å². The molecule has 0 radical (unpaired) electrons. The molecule has 1 atom stereocenters. The SMILES string of the molecule is COc1ccc(CNCCc2ccccc2C)cc1OCC(O)CN1CCCN(C)CC1. The van der Waals surface area contributed by atoms with Gasteiger partial charge in [-0.15, -0.1) is 0 Å². The minimum absolute atomic E-state index is 0.257. The molecule has 0 spiro atoms. The van der Waals surface area contributed by atoms with E-state index in [9.17, 15) is 5.11 Å². The average molecular weight is 442 g/mol. The molecule has 0 aromatic heterocycles. The summed E-state index contributed by atoms with van der Waals surface area (Å²) in [6, 6.07) is 14.5. The number of aliphatic hydroxyl groups is 1. The van der Waals surface area contributed by atoms with Gasteiger partial charge in [0.1, 0.15) is 12.7 Å². The zero-order valence-electron chi connectivity index (χ0n) is 19.8. The first-order valence-corrected chi connectivity index (χ1v) is 11.7. The van der Waals surface area contributed by atoms with Gasteiger partial charge in [0.2, 0.25) is 0 Å². The molecule has 32 heavy (non-hydrogen) atoms. The fourth-order valence-corrected chi connectivity index (χ4v) is 4.11. The van der Waals surface area contributed by atoms with Crippen molar-refractivity contribution in [2.75, 3.05) is 60.0 Å². The molecule has 0 saturated carbocycles. The van der Waals surface area contributed by atoms with Gasteiger partial charge in [0.05, 0.1) is 7.11 Å². The third-order valence-corrected chi connectivity index (χ3v) is 6.10. The molecule has 1 unspecified atom stereocenters. The number of benzene rings is 2. The molecule has 1 aliphatic rings. The summed E-state index contributed by atoms with van der Waals surface area (Å²) < 4.78 is 11.4. The highest BCUT2D eigenvalue weighted by Gasteiger charge is 2.17. The predicted octanol–water partition coefficient (Wildman–Crippen LogP) is 2.71. The first-order valence-electron chi connectivity index (χ1n) is 11.7. The Morgan fingerprint density at radius 2 is 1.91 bits per heavy atom. The molecule has 6 heteroatoms. The molecular formula is C26H39N3O3. The van der Waals surface area contributed by atoms with Crippen molar-refractivity contribution >= 4 is 0 Å². The number of ether oxygens (including phenoxy) is 2. The van der Waals surface area contributed by atoms with Gasteiger partial charge in [-0.3, -0.25) is 4.90 Å². The number of hydrogen-bond acceptors (Lipinski definition) is 6. The van der Waals surface area contributed by atoms with Crippen molar-refractivity contribution in [3.8, 4) is 11.5 Å². The molecule has 1 aliphatic heterocycles. The molecule has 1 saturated heterocycles. The van der Waals surface area contributed by atoms with E-state index in [1.54, 1.807) is 7.11 Å². The van der Waals surface area contributed by atoms with Gasteiger partial charge in [0.15, 0.2) is 11.5 Å². The largest absolute Gasteiger partial charge is 0.493 e. The van der Waals surface area contributed by atoms with Crippen molar-refractivity contribution in [3.63, 3.8) is 0 Å². The van der Waals surface area contributed by atoms with E-state index < -0.39 is 6.10 Å². The third kappa shape index (κ3) is 7.78. The van der Waals surface area contributed by atoms with E-state index >= 15 is 0 Å². The molecule has 1 fully saturated rings. The Labute approximate surface area is 193 Å². The molecule has 2 aromatic rings. The van der Waals surface area contributed by atoms with Crippen LogP contribution in [0.15, 0.2) is 42.5 Å². The Morgan fingerprint density at radius 3 is 2.72 bits per heavy atom. The molecule has 2 aromatic carbocycles. The minimum Gasteiger partial charge on any atom is -0.493 e. The van der Waals surface area contributed by atoms with Crippen molar-refractivity contribution in [2.24, 2.45) is 0 Å². The van der Waals surface area contributed by atoms with Crippen molar-refractivity contribution in [2.45, 2.75) is 32.4 Å². The van der Waals surface area contributed by atoms with Crippen LogP contribution >= 0.6 is 0 Å². The predicted molar refractivity (Wildman–Crippen MR) is 130 cm³/mol. The zero-order valence-corrected chi connectivity index (χ0v) is 19.8. The number of nitrogens with one attached hydrogen (secondary N) is 1. The van der Waals surface area contributed by atoms with Crippen LogP contribution in [0, 0.1) is 6.92 Å². The maximum absolute atomic E-state index is 10.5. The monoisotopic (exact) mass is 441 g/mol. The Balaban J connectivity index is 1.46. The molecule has 1 heterocycles. The number of rotatable bonds is 11. The number of likely N-dealkylation sites (N-methyl/N-ethyl adjacent to an activating group) is 1. The van der Waals surface area contributed by atoms with Gasteiger partial charge in [0.25, 0.3) is 0 Å². The zero-order chi connectivity index (χ0) is 22.8. The van der Waals surface area contributed by atoms with E-state index in [4.69, 9.17) is 9.47 Å². The molecule has 0 bridgehead atoms. The highest BCUT2D eigenvalue weighted by atomic mass is 16.5. The first-order chi connectivity index (χ1) is 15.5. The lowest BCUT2D eigenvalue weighted by Gasteiger charge is -2.23. The van der Waals surface area contributed by atoms with Crippen LogP contribution < -0.4 is 14.8 Å². The standard InChI is InChI=1S/C26H39N3O3/c1-21-7-4-5-8-23(21)11-12-27-18-22-9-10-25(31-3)26(17-22)32-20-24(30)19-29-14-6-13-28(2)15-16-29/h4-5,7-10,17,24,27,30H,6,11-16,18-20H2,1-3H3. The lowest BCUT2D eigenvalue weighted by atomic mass is 10.1. The quantitative estimate of drug-likeness (QED) is 0.523. The van der Waals surface area contributed by atoms with Crippen molar-refractivity contribution in [1.82, 2.24) is 15.1 Å². The number of nitrogens with zero attached hydrogens (tertiary/aromatic N) is 2. The summed E-state index contributed by atoms with van der Waals surface area (Å²) >= 11 is 0. The maximum atomic E-state index is 10.5. The summed E-state index contributed by atoms with van der Waals surface area (Å²) in [4.78, 5) is 4.66. The Hall–Kier alpha value is -2.12. The summed E-state index contributed by atoms with van der Waals surface area (Å²) in [6.45, 7) is 8.89. The molecule has 176 valence electrons. The Morgan fingerprint density at radius 1 is 1.06 bits per heavy atom. The number of aliphatic hydroxyl groups excluding tert-OH is 1.